The van der Waals surface area contributed by atoms with E-state index in [1.165, 1.54) is 6.07 Å². The van der Waals surface area contributed by atoms with Gasteiger partial charge in [0.25, 0.3) is 5.56 Å². The number of nitrogens with one attached hydrogen (secondary N) is 1. The maximum absolute atomic E-state index is 12.7. The van der Waals surface area contributed by atoms with E-state index in [1.807, 2.05) is 50.2 Å². The SMILES string of the molecule is CCCn1cc(NC(=O)[C@@H](C)c2ccc3cc(OC)ccc3c2)ccc1=O. The van der Waals surface area contributed by atoms with E-state index in [-0.39, 0.29) is 17.4 Å². The van der Waals surface area contributed by atoms with Crippen LogP contribution in [0.1, 0.15) is 31.7 Å². The minimum absolute atomic E-state index is 0.0622. The van der Waals surface area contributed by atoms with E-state index >= 15 is 0 Å². The number of aryl methyl sites for hydroxylation is 1. The molecule has 0 aliphatic rings. The predicted octanol–water partition coefficient (Wildman–Crippen LogP) is 4.16. The van der Waals surface area contributed by atoms with Crippen molar-refractivity contribution in [1.29, 1.82) is 0 Å². The fourth-order valence-electron chi connectivity index (χ4n) is 3.06. The van der Waals surface area contributed by atoms with Crippen LogP contribution >= 0.6 is 0 Å². The van der Waals surface area contributed by atoms with Crippen LogP contribution in [-0.2, 0) is 11.3 Å². The molecule has 1 N–H and O–H groups in total. The summed E-state index contributed by atoms with van der Waals surface area (Å²) in [4.78, 5) is 24.5. The largest absolute Gasteiger partial charge is 0.497 e. The van der Waals surface area contributed by atoms with Crippen molar-refractivity contribution in [3.8, 4) is 5.75 Å². The fraction of sp³-hybridized carbons (Fsp3) is 0.273. The van der Waals surface area contributed by atoms with Crippen molar-refractivity contribution in [3.63, 3.8) is 0 Å². The number of amides is 1. The lowest BCUT2D eigenvalue weighted by atomic mass is 9.97. The number of methoxy groups -OCH3 is 1. The molecule has 2 aromatic carbocycles. The first-order valence-electron chi connectivity index (χ1n) is 9.11. The Morgan fingerprint density at radius 2 is 1.85 bits per heavy atom. The molecule has 0 spiro atoms. The van der Waals surface area contributed by atoms with Crippen molar-refractivity contribution in [2.45, 2.75) is 32.7 Å². The molecule has 1 amide bonds. The van der Waals surface area contributed by atoms with Gasteiger partial charge in [-0.25, -0.2) is 0 Å². The zero-order valence-corrected chi connectivity index (χ0v) is 15.9. The van der Waals surface area contributed by atoms with Crippen molar-refractivity contribution in [2.24, 2.45) is 0 Å². The Hall–Kier alpha value is -3.08. The van der Waals surface area contributed by atoms with Crippen LogP contribution in [0, 0.1) is 0 Å². The minimum atomic E-state index is -0.317. The van der Waals surface area contributed by atoms with Gasteiger partial charge in [0.15, 0.2) is 0 Å². The number of fused-ring (bicyclic) bond motifs is 1. The van der Waals surface area contributed by atoms with Gasteiger partial charge in [0.1, 0.15) is 5.75 Å². The van der Waals surface area contributed by atoms with Gasteiger partial charge in [-0.1, -0.05) is 31.2 Å². The van der Waals surface area contributed by atoms with E-state index in [2.05, 4.69) is 5.32 Å². The molecular weight excluding hydrogens is 340 g/mol. The van der Waals surface area contributed by atoms with Crippen LogP contribution < -0.4 is 15.6 Å². The second-order valence-corrected chi connectivity index (χ2v) is 6.63. The normalized spacial score (nSPS) is 12.0. The minimum Gasteiger partial charge on any atom is -0.497 e. The molecule has 3 rings (SSSR count). The summed E-state index contributed by atoms with van der Waals surface area (Å²) in [5, 5.41) is 5.04. The Bertz CT molecular complexity index is 1020. The highest BCUT2D eigenvalue weighted by atomic mass is 16.5. The highest BCUT2D eigenvalue weighted by Gasteiger charge is 2.16. The van der Waals surface area contributed by atoms with E-state index in [4.69, 9.17) is 4.74 Å². The van der Waals surface area contributed by atoms with Gasteiger partial charge < -0.3 is 14.6 Å². The number of benzene rings is 2. The van der Waals surface area contributed by atoms with Crippen LogP contribution in [-0.4, -0.2) is 17.6 Å². The van der Waals surface area contributed by atoms with Crippen molar-refractivity contribution >= 4 is 22.4 Å². The second kappa shape index (κ2) is 8.08. The molecule has 0 aliphatic carbocycles. The Morgan fingerprint density at radius 3 is 2.59 bits per heavy atom. The first kappa shape index (κ1) is 18.7. The molecule has 5 heteroatoms. The van der Waals surface area contributed by atoms with Crippen LogP contribution in [0.4, 0.5) is 5.69 Å². The van der Waals surface area contributed by atoms with E-state index in [0.29, 0.717) is 12.2 Å². The lowest BCUT2D eigenvalue weighted by molar-refractivity contribution is -0.117. The summed E-state index contributed by atoms with van der Waals surface area (Å²) < 4.78 is 6.87. The predicted molar refractivity (Wildman–Crippen MR) is 109 cm³/mol. The summed E-state index contributed by atoms with van der Waals surface area (Å²) in [5.74, 6) is 0.385. The van der Waals surface area contributed by atoms with Crippen molar-refractivity contribution in [2.75, 3.05) is 12.4 Å². The van der Waals surface area contributed by atoms with Crippen LogP contribution in [0.25, 0.3) is 10.8 Å². The van der Waals surface area contributed by atoms with Crippen LogP contribution in [0.3, 0.4) is 0 Å². The highest BCUT2D eigenvalue weighted by molar-refractivity contribution is 5.96. The lowest BCUT2D eigenvalue weighted by Crippen LogP contribution is -2.22. The number of ether oxygens (including phenoxy) is 1. The number of aromatic nitrogens is 1. The van der Waals surface area contributed by atoms with E-state index < -0.39 is 0 Å². The van der Waals surface area contributed by atoms with E-state index in [0.717, 1.165) is 28.5 Å². The summed E-state index contributed by atoms with van der Waals surface area (Å²) in [5.41, 5.74) is 1.50. The molecule has 0 saturated heterocycles. The molecule has 0 bridgehead atoms. The van der Waals surface area contributed by atoms with Crippen molar-refractivity contribution in [3.05, 3.63) is 70.6 Å². The fourth-order valence-corrected chi connectivity index (χ4v) is 3.06. The molecule has 3 aromatic rings. The maximum atomic E-state index is 12.7. The molecule has 1 heterocycles. The number of pyridine rings is 1. The third-order valence-corrected chi connectivity index (χ3v) is 4.68. The molecule has 0 aliphatic heterocycles. The lowest BCUT2D eigenvalue weighted by Gasteiger charge is -2.14. The summed E-state index contributed by atoms with van der Waals surface area (Å²) in [6, 6.07) is 15.0. The number of anilines is 1. The second-order valence-electron chi connectivity index (χ2n) is 6.63. The average molecular weight is 364 g/mol. The molecule has 0 radical (unpaired) electrons. The number of hydrogen-bond acceptors (Lipinski definition) is 3. The van der Waals surface area contributed by atoms with Crippen LogP contribution in [0.2, 0.25) is 0 Å². The average Bonchev–Trinajstić information content (AvgIpc) is 2.69. The van der Waals surface area contributed by atoms with Crippen LogP contribution in [0.15, 0.2) is 59.5 Å². The number of carbonyl (C=O) groups is 1. The van der Waals surface area contributed by atoms with Gasteiger partial charge in [0, 0.05) is 18.8 Å². The molecule has 140 valence electrons. The summed E-state index contributed by atoms with van der Waals surface area (Å²) in [7, 11) is 1.64. The first-order valence-corrected chi connectivity index (χ1v) is 9.11. The van der Waals surface area contributed by atoms with Crippen molar-refractivity contribution < 1.29 is 9.53 Å². The Balaban J connectivity index is 1.80. The van der Waals surface area contributed by atoms with Gasteiger partial charge in [-0.05, 0) is 47.9 Å². The van der Waals surface area contributed by atoms with Gasteiger partial charge in [-0.3, -0.25) is 9.59 Å². The smallest absolute Gasteiger partial charge is 0.250 e. The zero-order valence-electron chi connectivity index (χ0n) is 15.9. The van der Waals surface area contributed by atoms with Gasteiger partial charge in [0.05, 0.1) is 18.7 Å². The quantitative estimate of drug-likeness (QED) is 0.714. The van der Waals surface area contributed by atoms with Gasteiger partial charge in [-0.15, -0.1) is 0 Å². The van der Waals surface area contributed by atoms with E-state index in [9.17, 15) is 9.59 Å². The highest BCUT2D eigenvalue weighted by Crippen LogP contribution is 2.25. The molecule has 0 saturated carbocycles. The number of rotatable bonds is 6. The first-order chi connectivity index (χ1) is 13.0. The van der Waals surface area contributed by atoms with Gasteiger partial charge in [-0.2, -0.15) is 0 Å². The van der Waals surface area contributed by atoms with Crippen molar-refractivity contribution in [1.82, 2.24) is 4.57 Å². The molecule has 1 atom stereocenters. The van der Waals surface area contributed by atoms with Gasteiger partial charge >= 0.3 is 0 Å². The number of hydrogen-bond donors (Lipinski definition) is 1. The zero-order chi connectivity index (χ0) is 19.4. The standard InChI is InChI=1S/C22H24N2O3/c1-4-11-24-14-19(8-10-21(24)25)23-22(26)15(2)16-5-6-18-13-20(27-3)9-7-17(18)12-16/h5-10,12-15H,4,11H2,1-3H3,(H,23,26)/t15-/m0/s1. The number of nitrogens with zero attached hydrogens (tertiary/aromatic N) is 1. The molecule has 0 unspecified atom stereocenters. The summed E-state index contributed by atoms with van der Waals surface area (Å²) in [6.07, 6.45) is 2.55. The molecular formula is C22H24N2O3. The maximum Gasteiger partial charge on any atom is 0.250 e. The van der Waals surface area contributed by atoms with E-state index in [1.54, 1.807) is 23.9 Å². The third kappa shape index (κ3) is 4.19. The molecule has 27 heavy (non-hydrogen) atoms. The summed E-state index contributed by atoms with van der Waals surface area (Å²) in [6.45, 7) is 4.52. The molecule has 1 aromatic heterocycles. The topological polar surface area (TPSA) is 60.3 Å². The summed E-state index contributed by atoms with van der Waals surface area (Å²) >= 11 is 0. The Kier molecular flexibility index (Phi) is 5.60. The van der Waals surface area contributed by atoms with Crippen LogP contribution in [0.5, 0.6) is 5.75 Å². The Labute approximate surface area is 158 Å². The molecule has 5 nitrogen and oxygen atoms in total. The monoisotopic (exact) mass is 364 g/mol. The Morgan fingerprint density at radius 1 is 1.11 bits per heavy atom. The molecule has 0 fully saturated rings. The van der Waals surface area contributed by atoms with Gasteiger partial charge in [0.2, 0.25) is 5.91 Å². The number of carbonyl (C=O) groups excluding carboxylic acids is 1. The third-order valence-electron chi connectivity index (χ3n) is 4.68.